The van der Waals surface area contributed by atoms with Crippen LogP contribution in [0.2, 0.25) is 5.02 Å². The fourth-order valence-electron chi connectivity index (χ4n) is 4.57. The van der Waals surface area contributed by atoms with E-state index in [0.717, 1.165) is 54.4 Å². The third-order valence-corrected chi connectivity index (χ3v) is 7.86. The van der Waals surface area contributed by atoms with Crippen molar-refractivity contribution >= 4 is 43.6 Å². The molecule has 1 atom stereocenters. The van der Waals surface area contributed by atoms with Crippen LogP contribution in [-0.4, -0.2) is 46.1 Å². The number of phenols is 1. The number of fused-ring (bicyclic) bond motifs is 1. The number of pyridine rings is 1. The zero-order valence-corrected chi connectivity index (χ0v) is 20.4. The second kappa shape index (κ2) is 9.49. The van der Waals surface area contributed by atoms with Crippen LogP contribution in [-0.2, 0) is 9.52 Å². The molecule has 3 aromatic rings. The van der Waals surface area contributed by atoms with Gasteiger partial charge in [-0.05, 0) is 96.0 Å². The number of rotatable bonds is 6. The van der Waals surface area contributed by atoms with Crippen LogP contribution < -0.4 is 10.6 Å². The van der Waals surface area contributed by atoms with Crippen molar-refractivity contribution in [2.75, 3.05) is 25.2 Å². The largest absolute Gasteiger partial charge is 0.504 e. The molecule has 3 N–H and O–H groups in total. The Bertz CT molecular complexity index is 1270. The fraction of sp³-hybridized carbons (Fsp3) is 0.360. The highest BCUT2D eigenvalue weighted by Crippen LogP contribution is 2.37. The summed E-state index contributed by atoms with van der Waals surface area (Å²) in [6.45, 7) is 1.02. The maximum Gasteiger partial charge on any atom is 0.170 e. The Morgan fingerprint density at radius 3 is 2.58 bits per heavy atom. The molecule has 0 spiro atoms. The summed E-state index contributed by atoms with van der Waals surface area (Å²) in [4.78, 5) is 5.10. The second-order valence-corrected chi connectivity index (χ2v) is 11.8. The van der Waals surface area contributed by atoms with E-state index >= 15 is 0 Å². The molecule has 1 fully saturated rings. The Morgan fingerprint density at radius 1 is 1.21 bits per heavy atom. The minimum Gasteiger partial charge on any atom is -0.504 e. The van der Waals surface area contributed by atoms with Crippen LogP contribution >= 0.6 is 11.6 Å². The van der Waals surface area contributed by atoms with Gasteiger partial charge in [-0.1, -0.05) is 17.7 Å². The molecule has 1 saturated carbocycles. The van der Waals surface area contributed by atoms with E-state index in [1.807, 2.05) is 25.2 Å². The van der Waals surface area contributed by atoms with Gasteiger partial charge in [0, 0.05) is 23.9 Å². The van der Waals surface area contributed by atoms with E-state index < -0.39 is 21.1 Å². The highest BCUT2D eigenvalue weighted by Gasteiger charge is 2.23. The molecule has 0 amide bonds. The Hall–Kier alpha value is -2.35. The standard InChI is InChI=1S/C25H29ClFN3O2S/c1-28-13-15-4-7-18(8-5-15)30-24-19-10-16(17-11-20(26)25(31)21(27)12-17)6-9-22(19)29-14-23(24)33(2,3)32/h6,9-12,14-15,18,28,31H,2,4-5,7-8,13H2,1,3H3,(H,29,30)/t15-,18-,33?. The molecule has 176 valence electrons. The minimum absolute atomic E-state index is 0.0528. The summed E-state index contributed by atoms with van der Waals surface area (Å²) >= 11 is 6.00. The Morgan fingerprint density at radius 2 is 1.94 bits per heavy atom. The van der Waals surface area contributed by atoms with Gasteiger partial charge in [0.1, 0.15) is 0 Å². The Balaban J connectivity index is 1.78. The topological polar surface area (TPSA) is 74.2 Å². The number of nitrogens with one attached hydrogen (secondary N) is 2. The number of hydrogen-bond acceptors (Lipinski definition) is 5. The van der Waals surface area contributed by atoms with Gasteiger partial charge in [-0.15, -0.1) is 0 Å². The van der Waals surface area contributed by atoms with Gasteiger partial charge >= 0.3 is 0 Å². The lowest BCUT2D eigenvalue weighted by atomic mass is 9.86. The van der Waals surface area contributed by atoms with Crippen LogP contribution in [0.4, 0.5) is 10.1 Å². The van der Waals surface area contributed by atoms with Gasteiger partial charge in [0.25, 0.3) is 0 Å². The zero-order valence-electron chi connectivity index (χ0n) is 18.8. The number of aromatic nitrogens is 1. The van der Waals surface area contributed by atoms with Crippen LogP contribution in [0.15, 0.2) is 41.4 Å². The predicted molar refractivity (Wildman–Crippen MR) is 137 cm³/mol. The van der Waals surface area contributed by atoms with E-state index in [0.29, 0.717) is 16.4 Å². The molecule has 1 heterocycles. The SMILES string of the molecule is C=S(C)(=O)c1cnc2ccc(-c3cc(F)c(O)c(Cl)c3)cc2c1N[C@H]1CC[C@H](CNC)CC1. The highest BCUT2D eigenvalue weighted by molar-refractivity contribution is 7.99. The Labute approximate surface area is 199 Å². The third-order valence-electron chi connectivity index (χ3n) is 6.34. The van der Waals surface area contributed by atoms with Crippen molar-refractivity contribution in [2.45, 2.75) is 36.6 Å². The third kappa shape index (κ3) is 5.10. The van der Waals surface area contributed by atoms with E-state index in [1.165, 1.54) is 12.1 Å². The molecular weight excluding hydrogens is 461 g/mol. The second-order valence-electron chi connectivity index (χ2n) is 8.94. The number of halogens is 2. The maximum absolute atomic E-state index is 14.1. The predicted octanol–water partition coefficient (Wildman–Crippen LogP) is 5.30. The van der Waals surface area contributed by atoms with Crippen molar-refractivity contribution < 1.29 is 13.7 Å². The first-order valence-corrected chi connectivity index (χ1v) is 13.5. The summed E-state index contributed by atoms with van der Waals surface area (Å²) in [6.07, 6.45) is 7.55. The van der Waals surface area contributed by atoms with Crippen molar-refractivity contribution in [2.24, 2.45) is 5.92 Å². The van der Waals surface area contributed by atoms with Gasteiger partial charge in [-0.2, -0.15) is 0 Å². The summed E-state index contributed by atoms with van der Waals surface area (Å²) in [6, 6.07) is 8.61. The summed E-state index contributed by atoms with van der Waals surface area (Å²) in [5.74, 6) is 3.22. The molecule has 1 aromatic heterocycles. The Kier molecular flexibility index (Phi) is 6.84. The fourth-order valence-corrected chi connectivity index (χ4v) is 5.65. The normalized spacial score (nSPS) is 20.5. The zero-order chi connectivity index (χ0) is 23.8. The molecule has 4 rings (SSSR count). The van der Waals surface area contributed by atoms with E-state index in [2.05, 4.69) is 21.5 Å². The lowest BCUT2D eigenvalue weighted by Crippen LogP contribution is -2.30. The van der Waals surface area contributed by atoms with Gasteiger partial charge in [-0.3, -0.25) is 9.19 Å². The van der Waals surface area contributed by atoms with E-state index in [1.54, 1.807) is 12.5 Å². The van der Waals surface area contributed by atoms with Crippen LogP contribution in [0.25, 0.3) is 22.0 Å². The summed E-state index contributed by atoms with van der Waals surface area (Å²) in [5.41, 5.74) is 2.76. The molecule has 0 aliphatic heterocycles. The molecular formula is C25H29ClFN3O2S. The lowest BCUT2D eigenvalue weighted by molar-refractivity contribution is 0.331. The minimum atomic E-state index is -2.54. The van der Waals surface area contributed by atoms with Gasteiger partial charge in [0.2, 0.25) is 0 Å². The maximum atomic E-state index is 14.1. The summed E-state index contributed by atoms with van der Waals surface area (Å²) in [5, 5.41) is 17.3. The number of anilines is 1. The summed E-state index contributed by atoms with van der Waals surface area (Å²) < 4.78 is 27.1. The van der Waals surface area contributed by atoms with Crippen molar-refractivity contribution in [1.82, 2.24) is 10.3 Å². The van der Waals surface area contributed by atoms with E-state index in [-0.39, 0.29) is 11.1 Å². The van der Waals surface area contributed by atoms with E-state index in [4.69, 9.17) is 11.6 Å². The van der Waals surface area contributed by atoms with Gasteiger partial charge in [0.15, 0.2) is 11.6 Å². The molecule has 1 aliphatic carbocycles. The number of phenolic OH excluding ortho intramolecular Hbond substituents is 1. The van der Waals surface area contributed by atoms with Gasteiger partial charge in [0.05, 0.1) is 21.1 Å². The first-order chi connectivity index (χ1) is 15.7. The molecule has 5 nitrogen and oxygen atoms in total. The van der Waals surface area contributed by atoms with Crippen LogP contribution in [0, 0.1) is 11.7 Å². The van der Waals surface area contributed by atoms with Crippen molar-refractivity contribution in [1.29, 1.82) is 0 Å². The lowest BCUT2D eigenvalue weighted by Gasteiger charge is -2.30. The van der Waals surface area contributed by atoms with Gasteiger partial charge in [-0.25, -0.2) is 4.39 Å². The van der Waals surface area contributed by atoms with Crippen molar-refractivity contribution in [3.63, 3.8) is 0 Å². The summed E-state index contributed by atoms with van der Waals surface area (Å²) in [7, 11) is -0.558. The molecule has 0 radical (unpaired) electrons. The number of hydrogen-bond donors (Lipinski definition) is 3. The van der Waals surface area contributed by atoms with Crippen LogP contribution in [0.5, 0.6) is 5.75 Å². The first-order valence-electron chi connectivity index (χ1n) is 11.0. The number of nitrogens with zero attached hydrogens (tertiary/aromatic N) is 1. The molecule has 2 aromatic carbocycles. The van der Waals surface area contributed by atoms with Crippen LogP contribution in [0.3, 0.4) is 0 Å². The monoisotopic (exact) mass is 489 g/mol. The van der Waals surface area contributed by atoms with E-state index in [9.17, 15) is 13.7 Å². The molecule has 33 heavy (non-hydrogen) atoms. The average Bonchev–Trinajstić information content (AvgIpc) is 2.77. The quantitative estimate of drug-likeness (QED) is 0.410. The van der Waals surface area contributed by atoms with Gasteiger partial charge < -0.3 is 15.7 Å². The van der Waals surface area contributed by atoms with Crippen molar-refractivity contribution in [3.05, 3.63) is 47.4 Å². The number of benzene rings is 2. The molecule has 1 aliphatic rings. The molecule has 1 unspecified atom stereocenters. The highest BCUT2D eigenvalue weighted by atomic mass is 35.5. The first kappa shape index (κ1) is 23.8. The van der Waals surface area contributed by atoms with Crippen molar-refractivity contribution in [3.8, 4) is 16.9 Å². The smallest absolute Gasteiger partial charge is 0.170 e. The number of aromatic hydroxyl groups is 1. The molecule has 0 bridgehead atoms. The molecule has 8 heteroatoms. The molecule has 0 saturated heterocycles. The van der Waals surface area contributed by atoms with Crippen LogP contribution in [0.1, 0.15) is 25.7 Å². The average molecular weight is 490 g/mol.